The van der Waals surface area contributed by atoms with Gasteiger partial charge in [-0.05, 0) is 42.8 Å². The Morgan fingerprint density at radius 1 is 0.941 bits per heavy atom. The van der Waals surface area contributed by atoms with Crippen LogP contribution in [0.4, 0.5) is 0 Å². The predicted octanol–water partition coefficient (Wildman–Crippen LogP) is 3.63. The summed E-state index contributed by atoms with van der Waals surface area (Å²) in [4.78, 5) is 30.0. The highest BCUT2D eigenvalue weighted by molar-refractivity contribution is 5.97. The highest BCUT2D eigenvalue weighted by atomic mass is 16.7. The van der Waals surface area contributed by atoms with Gasteiger partial charge in [0.2, 0.25) is 12.7 Å². The minimum absolute atomic E-state index is 0.0941. The van der Waals surface area contributed by atoms with Crippen molar-refractivity contribution >= 4 is 11.8 Å². The van der Waals surface area contributed by atoms with E-state index in [1.165, 1.54) is 4.90 Å². The number of ether oxygens (including phenoxy) is 3. The van der Waals surface area contributed by atoms with Crippen LogP contribution in [-0.2, 0) is 22.6 Å². The normalized spacial score (nSPS) is 11.9. The molecule has 0 fully saturated rings. The summed E-state index contributed by atoms with van der Waals surface area (Å²) in [6.07, 6.45) is 0. The van der Waals surface area contributed by atoms with Gasteiger partial charge in [-0.2, -0.15) is 0 Å². The third-order valence-corrected chi connectivity index (χ3v) is 5.51. The first-order valence-electron chi connectivity index (χ1n) is 11.1. The minimum atomic E-state index is -0.280. The third-order valence-electron chi connectivity index (χ3n) is 5.51. The van der Waals surface area contributed by atoms with Crippen LogP contribution in [0.25, 0.3) is 0 Å². The Hall–Kier alpha value is -3.78. The number of rotatable bonds is 10. The van der Waals surface area contributed by atoms with Crippen molar-refractivity contribution in [3.8, 4) is 11.5 Å². The lowest BCUT2D eigenvalue weighted by Crippen LogP contribution is -2.43. The number of hydrogen-bond acceptors (Lipinski definition) is 6. The second-order valence-electron chi connectivity index (χ2n) is 8.04. The summed E-state index contributed by atoms with van der Waals surface area (Å²) in [5.74, 6) is 2.11. The van der Waals surface area contributed by atoms with Crippen molar-refractivity contribution in [2.24, 2.45) is 0 Å². The molecule has 4 rings (SSSR count). The number of benzene rings is 2. The van der Waals surface area contributed by atoms with Gasteiger partial charge in [-0.25, -0.2) is 0 Å². The van der Waals surface area contributed by atoms with E-state index in [1.807, 2.05) is 49.4 Å². The Morgan fingerprint density at radius 2 is 1.74 bits per heavy atom. The van der Waals surface area contributed by atoms with Crippen LogP contribution >= 0.6 is 0 Å². The molecule has 0 unspecified atom stereocenters. The maximum Gasteiger partial charge on any atom is 0.254 e. The smallest absolute Gasteiger partial charge is 0.254 e. The molecule has 0 spiro atoms. The zero-order valence-electron chi connectivity index (χ0n) is 19.4. The maximum absolute atomic E-state index is 13.5. The van der Waals surface area contributed by atoms with Crippen molar-refractivity contribution < 1.29 is 28.2 Å². The van der Waals surface area contributed by atoms with Gasteiger partial charge in [-0.1, -0.05) is 30.3 Å². The van der Waals surface area contributed by atoms with Crippen LogP contribution in [-0.4, -0.2) is 55.2 Å². The molecule has 178 valence electrons. The number of methoxy groups -OCH3 is 1. The second-order valence-corrected chi connectivity index (χ2v) is 8.04. The van der Waals surface area contributed by atoms with E-state index in [0.717, 1.165) is 11.3 Å². The summed E-state index contributed by atoms with van der Waals surface area (Å²) >= 11 is 0. The molecular weight excluding hydrogens is 436 g/mol. The molecule has 34 heavy (non-hydrogen) atoms. The molecule has 2 amide bonds. The summed E-state index contributed by atoms with van der Waals surface area (Å²) in [6, 6.07) is 18.5. The average Bonchev–Trinajstić information content (AvgIpc) is 3.49. The third kappa shape index (κ3) is 5.77. The Balaban J connectivity index is 1.53. The fourth-order valence-corrected chi connectivity index (χ4v) is 3.72. The van der Waals surface area contributed by atoms with Crippen molar-refractivity contribution in [2.75, 3.05) is 33.6 Å². The van der Waals surface area contributed by atoms with Gasteiger partial charge >= 0.3 is 0 Å². The summed E-state index contributed by atoms with van der Waals surface area (Å²) in [7, 11) is 1.56. The zero-order chi connectivity index (χ0) is 23.9. The van der Waals surface area contributed by atoms with Crippen LogP contribution in [0.3, 0.4) is 0 Å². The van der Waals surface area contributed by atoms with Gasteiger partial charge in [-0.15, -0.1) is 0 Å². The van der Waals surface area contributed by atoms with E-state index in [9.17, 15) is 9.59 Å². The molecule has 8 heteroatoms. The quantitative estimate of drug-likeness (QED) is 0.456. The topological polar surface area (TPSA) is 81.5 Å². The van der Waals surface area contributed by atoms with Crippen molar-refractivity contribution in [1.29, 1.82) is 0 Å². The first-order valence-corrected chi connectivity index (χ1v) is 11.1. The highest BCUT2D eigenvalue weighted by Crippen LogP contribution is 2.32. The molecule has 8 nitrogen and oxygen atoms in total. The van der Waals surface area contributed by atoms with Crippen LogP contribution in [0.2, 0.25) is 0 Å². The van der Waals surface area contributed by atoms with Crippen LogP contribution in [0.1, 0.15) is 27.4 Å². The number of carbonyl (C=O) groups is 2. The molecule has 1 aliphatic heterocycles. The number of fused-ring (bicyclic) bond motifs is 1. The Morgan fingerprint density at radius 3 is 2.47 bits per heavy atom. The molecule has 1 aromatic heterocycles. The summed E-state index contributed by atoms with van der Waals surface area (Å²) in [5.41, 5.74) is 1.41. The van der Waals surface area contributed by atoms with Crippen molar-refractivity contribution in [3.05, 3.63) is 83.3 Å². The van der Waals surface area contributed by atoms with Crippen LogP contribution in [0.5, 0.6) is 11.5 Å². The van der Waals surface area contributed by atoms with Gasteiger partial charge in [0, 0.05) is 25.8 Å². The van der Waals surface area contributed by atoms with E-state index in [-0.39, 0.29) is 31.7 Å². The molecule has 0 radical (unpaired) electrons. The van der Waals surface area contributed by atoms with Crippen molar-refractivity contribution in [1.82, 2.24) is 9.80 Å². The number of nitrogens with zero attached hydrogens (tertiary/aromatic N) is 2. The monoisotopic (exact) mass is 464 g/mol. The van der Waals surface area contributed by atoms with Gasteiger partial charge in [0.05, 0.1) is 13.2 Å². The first-order chi connectivity index (χ1) is 16.5. The van der Waals surface area contributed by atoms with E-state index in [4.69, 9.17) is 18.6 Å². The largest absolute Gasteiger partial charge is 0.464 e. The van der Waals surface area contributed by atoms with E-state index in [0.29, 0.717) is 42.5 Å². The van der Waals surface area contributed by atoms with E-state index >= 15 is 0 Å². The number of aryl methyl sites for hydroxylation is 1. The molecule has 0 aliphatic carbocycles. The molecule has 0 bridgehead atoms. The first kappa shape index (κ1) is 23.4. The van der Waals surface area contributed by atoms with Crippen molar-refractivity contribution in [2.45, 2.75) is 20.0 Å². The molecule has 2 aromatic carbocycles. The van der Waals surface area contributed by atoms with E-state index in [1.54, 1.807) is 30.2 Å². The Bertz CT molecular complexity index is 1130. The maximum atomic E-state index is 13.5. The molecule has 3 aromatic rings. The fourth-order valence-electron chi connectivity index (χ4n) is 3.72. The van der Waals surface area contributed by atoms with Crippen molar-refractivity contribution in [3.63, 3.8) is 0 Å². The highest BCUT2D eigenvalue weighted by Gasteiger charge is 2.25. The fraction of sp³-hybridized carbons (Fsp3) is 0.308. The number of hydrogen-bond donors (Lipinski definition) is 0. The van der Waals surface area contributed by atoms with Gasteiger partial charge < -0.3 is 28.4 Å². The standard InChI is InChI=1S/C26H28N2O6/c1-19-8-10-22(34-19)16-28(15-20-6-4-3-5-7-20)25(29)17-27(12-13-31-2)26(30)21-9-11-23-24(14-21)33-18-32-23/h3-11,14H,12-13,15-18H2,1-2H3. The van der Waals surface area contributed by atoms with Crippen LogP contribution in [0.15, 0.2) is 65.1 Å². The lowest BCUT2D eigenvalue weighted by Gasteiger charge is -2.27. The lowest BCUT2D eigenvalue weighted by atomic mass is 10.1. The molecule has 0 atom stereocenters. The SMILES string of the molecule is COCCN(CC(=O)N(Cc1ccccc1)Cc1ccc(C)o1)C(=O)c1ccc2c(c1)OCO2. The Kier molecular flexibility index (Phi) is 7.49. The Labute approximate surface area is 198 Å². The van der Waals surface area contributed by atoms with Crippen LogP contribution in [0, 0.1) is 6.92 Å². The van der Waals surface area contributed by atoms with Gasteiger partial charge in [0.1, 0.15) is 18.1 Å². The average molecular weight is 465 g/mol. The zero-order valence-corrected chi connectivity index (χ0v) is 19.4. The molecule has 2 heterocycles. The van der Waals surface area contributed by atoms with Crippen LogP contribution < -0.4 is 9.47 Å². The minimum Gasteiger partial charge on any atom is -0.464 e. The molecule has 0 N–H and O–H groups in total. The summed E-state index contributed by atoms with van der Waals surface area (Å²) in [5, 5.41) is 0. The number of furan rings is 1. The number of amides is 2. The van der Waals surface area contributed by atoms with Gasteiger partial charge in [0.25, 0.3) is 5.91 Å². The van der Waals surface area contributed by atoms with E-state index < -0.39 is 0 Å². The molecule has 0 saturated carbocycles. The lowest BCUT2D eigenvalue weighted by molar-refractivity contribution is -0.133. The second kappa shape index (κ2) is 10.9. The molecule has 1 aliphatic rings. The molecule has 0 saturated heterocycles. The summed E-state index contributed by atoms with van der Waals surface area (Å²) in [6.45, 7) is 3.17. The van der Waals surface area contributed by atoms with Gasteiger partial charge in [0.15, 0.2) is 11.5 Å². The number of carbonyl (C=O) groups excluding carboxylic acids is 2. The molecular formula is C26H28N2O6. The predicted molar refractivity (Wildman–Crippen MR) is 124 cm³/mol. The van der Waals surface area contributed by atoms with Gasteiger partial charge in [-0.3, -0.25) is 9.59 Å². The van der Waals surface area contributed by atoms with E-state index in [2.05, 4.69) is 0 Å². The summed E-state index contributed by atoms with van der Waals surface area (Å²) < 4.78 is 21.6.